The number of pyridine rings is 1. The maximum Gasteiger partial charge on any atom is 0.272 e. The summed E-state index contributed by atoms with van der Waals surface area (Å²) in [5.41, 5.74) is 1.89. The van der Waals surface area contributed by atoms with Crippen LogP contribution in [0.4, 0.5) is 0 Å². The van der Waals surface area contributed by atoms with Gasteiger partial charge in [-0.2, -0.15) is 0 Å². The number of allylic oxidation sites excluding steroid dienone is 6. The average Bonchev–Trinajstić information content (AvgIpc) is 2.50. The monoisotopic (exact) mass is 269 g/mol. The molecule has 1 aromatic heterocycles. The lowest BCUT2D eigenvalue weighted by molar-refractivity contribution is -0.110. The molecule has 102 valence electrons. The Morgan fingerprint density at radius 3 is 2.35 bits per heavy atom. The van der Waals surface area contributed by atoms with Crippen molar-refractivity contribution in [2.24, 2.45) is 5.84 Å². The lowest BCUT2D eigenvalue weighted by Gasteiger charge is -2.21. The van der Waals surface area contributed by atoms with Gasteiger partial charge in [-0.15, -0.1) is 0 Å². The van der Waals surface area contributed by atoms with Crippen LogP contribution in [0.15, 0.2) is 60.1 Å². The Labute approximate surface area is 117 Å². The summed E-state index contributed by atoms with van der Waals surface area (Å²) in [5, 5.41) is 1.12. The molecule has 1 aromatic rings. The van der Waals surface area contributed by atoms with E-state index in [4.69, 9.17) is 5.84 Å². The number of hydrazine groups is 1. The summed E-state index contributed by atoms with van der Waals surface area (Å²) >= 11 is 0. The Bertz CT molecular complexity index is 597. The second-order valence-corrected chi connectivity index (χ2v) is 4.24. The highest BCUT2D eigenvalue weighted by molar-refractivity contribution is 6.01. The van der Waals surface area contributed by atoms with Gasteiger partial charge in [0.25, 0.3) is 5.91 Å². The highest BCUT2D eigenvalue weighted by Gasteiger charge is 2.18. The molecule has 1 heterocycles. The van der Waals surface area contributed by atoms with Crippen LogP contribution in [-0.2, 0) is 4.79 Å². The first kappa shape index (κ1) is 13.9. The lowest BCUT2D eigenvalue weighted by atomic mass is 10.0. The molecule has 2 N–H and O–H groups in total. The fourth-order valence-corrected chi connectivity index (χ4v) is 1.92. The molecule has 0 aliphatic heterocycles. The normalized spacial score (nSPS) is 13.5. The number of nitrogens with zero attached hydrogens (tertiary/aromatic N) is 2. The number of carbonyl (C=O) groups is 2. The van der Waals surface area contributed by atoms with Gasteiger partial charge in [0.15, 0.2) is 5.78 Å². The molecule has 0 bridgehead atoms. The van der Waals surface area contributed by atoms with Gasteiger partial charge < -0.3 is 0 Å². The van der Waals surface area contributed by atoms with Crippen molar-refractivity contribution < 1.29 is 9.59 Å². The number of nitrogens with two attached hydrogens (primary N) is 1. The van der Waals surface area contributed by atoms with Gasteiger partial charge in [0.2, 0.25) is 0 Å². The second kappa shape index (κ2) is 6.08. The van der Waals surface area contributed by atoms with Crippen molar-refractivity contribution in [3.8, 4) is 0 Å². The van der Waals surface area contributed by atoms with Crippen LogP contribution < -0.4 is 5.84 Å². The molecule has 0 radical (unpaired) electrons. The van der Waals surface area contributed by atoms with E-state index < -0.39 is 0 Å². The van der Waals surface area contributed by atoms with E-state index in [2.05, 4.69) is 4.98 Å². The molecule has 5 heteroatoms. The number of hydrogen-bond donors (Lipinski definition) is 1. The van der Waals surface area contributed by atoms with Crippen LogP contribution in [-0.4, -0.2) is 21.7 Å². The molecule has 0 atom stereocenters. The standard InChI is InChI=1S/C15H15N3O2/c1-2-14(11-3-5-13(19)6-4-11)18(16)15(20)12-7-9-17-10-8-12/h3-10H,2,16H2,1H3. The fraction of sp³-hybridized carbons (Fsp3) is 0.133. The molecule has 0 unspecified atom stereocenters. The van der Waals surface area contributed by atoms with Gasteiger partial charge in [-0.05, 0) is 48.4 Å². The van der Waals surface area contributed by atoms with Crippen LogP contribution in [0, 0.1) is 0 Å². The number of ketones is 1. The summed E-state index contributed by atoms with van der Waals surface area (Å²) in [5.74, 6) is 5.54. The highest BCUT2D eigenvalue weighted by atomic mass is 16.2. The molecular formula is C15H15N3O2. The molecule has 20 heavy (non-hydrogen) atoms. The molecule has 0 saturated carbocycles. The lowest BCUT2D eigenvalue weighted by Crippen LogP contribution is -2.37. The summed E-state index contributed by atoms with van der Waals surface area (Å²) in [6.45, 7) is 1.90. The first-order valence-electron chi connectivity index (χ1n) is 6.26. The largest absolute Gasteiger partial charge is 0.290 e. The maximum atomic E-state index is 12.3. The van der Waals surface area contributed by atoms with E-state index in [9.17, 15) is 9.59 Å². The zero-order valence-electron chi connectivity index (χ0n) is 11.1. The van der Waals surface area contributed by atoms with E-state index in [-0.39, 0.29) is 11.7 Å². The second-order valence-electron chi connectivity index (χ2n) is 4.24. The third-order valence-corrected chi connectivity index (χ3v) is 2.96. The van der Waals surface area contributed by atoms with Crippen molar-refractivity contribution in [1.29, 1.82) is 0 Å². The third-order valence-electron chi connectivity index (χ3n) is 2.96. The van der Waals surface area contributed by atoms with Crippen molar-refractivity contribution in [2.45, 2.75) is 13.3 Å². The number of aromatic nitrogens is 1. The van der Waals surface area contributed by atoms with E-state index >= 15 is 0 Å². The van der Waals surface area contributed by atoms with Gasteiger partial charge in [0, 0.05) is 23.7 Å². The van der Waals surface area contributed by atoms with Gasteiger partial charge in [0.05, 0.1) is 0 Å². The molecular weight excluding hydrogens is 254 g/mol. The predicted molar refractivity (Wildman–Crippen MR) is 75.2 cm³/mol. The molecule has 2 rings (SSSR count). The van der Waals surface area contributed by atoms with Crippen LogP contribution in [0.1, 0.15) is 23.7 Å². The molecule has 1 amide bonds. The summed E-state index contributed by atoms with van der Waals surface area (Å²) in [7, 11) is 0. The maximum absolute atomic E-state index is 12.3. The third kappa shape index (κ3) is 2.89. The minimum absolute atomic E-state index is 0.0757. The highest BCUT2D eigenvalue weighted by Crippen LogP contribution is 2.18. The minimum Gasteiger partial charge on any atom is -0.290 e. The molecule has 5 nitrogen and oxygen atoms in total. The first-order valence-corrected chi connectivity index (χ1v) is 6.26. The fourth-order valence-electron chi connectivity index (χ4n) is 1.92. The molecule has 1 aliphatic rings. The van der Waals surface area contributed by atoms with E-state index in [0.717, 1.165) is 10.6 Å². The van der Waals surface area contributed by atoms with Crippen molar-refractivity contribution in [3.05, 3.63) is 65.7 Å². The van der Waals surface area contributed by atoms with Gasteiger partial charge in [-0.3, -0.25) is 14.6 Å². The van der Waals surface area contributed by atoms with E-state index in [1.54, 1.807) is 36.7 Å². The van der Waals surface area contributed by atoms with Gasteiger partial charge in [-0.1, -0.05) is 6.92 Å². The quantitative estimate of drug-likeness (QED) is 0.515. The average molecular weight is 269 g/mol. The number of hydrogen-bond acceptors (Lipinski definition) is 4. The Hall–Kier alpha value is -2.53. The van der Waals surface area contributed by atoms with Crippen LogP contribution >= 0.6 is 0 Å². The van der Waals surface area contributed by atoms with Gasteiger partial charge in [0.1, 0.15) is 0 Å². The topological polar surface area (TPSA) is 76.3 Å². The molecule has 0 fully saturated rings. The van der Waals surface area contributed by atoms with Gasteiger partial charge >= 0.3 is 0 Å². The van der Waals surface area contributed by atoms with E-state index in [1.807, 2.05) is 6.92 Å². The van der Waals surface area contributed by atoms with Crippen molar-refractivity contribution in [2.75, 3.05) is 0 Å². The summed E-state index contributed by atoms with van der Waals surface area (Å²) in [6.07, 6.45) is 9.90. The van der Waals surface area contributed by atoms with Crippen molar-refractivity contribution >= 4 is 11.7 Å². The summed E-state index contributed by atoms with van der Waals surface area (Å²) in [6, 6.07) is 3.21. The van der Waals surface area contributed by atoms with E-state index in [1.165, 1.54) is 12.2 Å². The predicted octanol–water partition coefficient (Wildman–Crippen LogP) is 1.76. The Kier molecular flexibility index (Phi) is 4.22. The zero-order chi connectivity index (χ0) is 14.5. The number of rotatable bonds is 3. The van der Waals surface area contributed by atoms with Crippen LogP contribution in [0.2, 0.25) is 0 Å². The van der Waals surface area contributed by atoms with Crippen molar-refractivity contribution in [1.82, 2.24) is 9.99 Å². The SMILES string of the molecule is CCC(=C1C=CC(=O)C=C1)N(N)C(=O)c1ccncc1. The first-order chi connectivity index (χ1) is 9.63. The molecule has 0 saturated heterocycles. The molecule has 0 spiro atoms. The molecule has 1 aliphatic carbocycles. The number of amides is 1. The van der Waals surface area contributed by atoms with Crippen LogP contribution in [0.25, 0.3) is 0 Å². The van der Waals surface area contributed by atoms with Crippen LogP contribution in [0.5, 0.6) is 0 Å². The Morgan fingerprint density at radius 1 is 1.20 bits per heavy atom. The smallest absolute Gasteiger partial charge is 0.272 e. The Morgan fingerprint density at radius 2 is 1.80 bits per heavy atom. The minimum atomic E-state index is -0.310. The van der Waals surface area contributed by atoms with Gasteiger partial charge in [-0.25, -0.2) is 10.9 Å². The number of carbonyl (C=O) groups excluding carboxylic acids is 2. The Balaban J connectivity index is 2.31. The zero-order valence-corrected chi connectivity index (χ0v) is 11.1. The summed E-state index contributed by atoms with van der Waals surface area (Å²) < 4.78 is 0. The van der Waals surface area contributed by atoms with Crippen molar-refractivity contribution in [3.63, 3.8) is 0 Å². The molecule has 0 aromatic carbocycles. The van der Waals surface area contributed by atoms with Crippen LogP contribution in [0.3, 0.4) is 0 Å². The summed E-state index contributed by atoms with van der Waals surface area (Å²) in [4.78, 5) is 27.3. The van der Waals surface area contributed by atoms with E-state index in [0.29, 0.717) is 17.7 Å².